The van der Waals surface area contributed by atoms with Crippen molar-refractivity contribution in [3.8, 4) is 0 Å². The van der Waals surface area contributed by atoms with E-state index in [4.69, 9.17) is 0 Å². The SMILES string of the molecule is O=C(Nc1cnn2c1NCCC2)C1CCCN1S(=O)(=O)c1ccc(F)cc1. The minimum atomic E-state index is -3.88. The number of sulfonamides is 1. The number of hydrogen-bond donors (Lipinski definition) is 2. The van der Waals surface area contributed by atoms with Crippen LogP contribution in [-0.2, 0) is 21.4 Å². The Morgan fingerprint density at radius 3 is 2.78 bits per heavy atom. The second-order valence-corrected chi connectivity index (χ2v) is 8.52. The van der Waals surface area contributed by atoms with Gasteiger partial charge in [0, 0.05) is 19.6 Å². The molecule has 3 heterocycles. The molecule has 0 aliphatic carbocycles. The average molecular weight is 393 g/mol. The summed E-state index contributed by atoms with van der Waals surface area (Å²) in [6.07, 6.45) is 3.54. The Morgan fingerprint density at radius 2 is 2.00 bits per heavy atom. The van der Waals surface area contributed by atoms with Gasteiger partial charge in [-0.1, -0.05) is 0 Å². The number of hydrogen-bond acceptors (Lipinski definition) is 5. The van der Waals surface area contributed by atoms with Gasteiger partial charge >= 0.3 is 0 Å². The molecule has 8 nitrogen and oxygen atoms in total. The summed E-state index contributed by atoms with van der Waals surface area (Å²) in [5, 5.41) is 10.2. The molecule has 2 aliphatic rings. The highest BCUT2D eigenvalue weighted by molar-refractivity contribution is 7.89. The van der Waals surface area contributed by atoms with Crippen molar-refractivity contribution in [3.63, 3.8) is 0 Å². The van der Waals surface area contributed by atoms with Gasteiger partial charge in [-0.05, 0) is 43.5 Å². The summed E-state index contributed by atoms with van der Waals surface area (Å²) in [4.78, 5) is 12.8. The molecule has 2 aliphatic heterocycles. The van der Waals surface area contributed by atoms with E-state index in [0.29, 0.717) is 18.5 Å². The number of benzene rings is 1. The van der Waals surface area contributed by atoms with Crippen molar-refractivity contribution in [1.29, 1.82) is 0 Å². The van der Waals surface area contributed by atoms with Gasteiger partial charge in [0.05, 0.1) is 11.1 Å². The number of nitrogens with one attached hydrogen (secondary N) is 2. The van der Waals surface area contributed by atoms with E-state index in [0.717, 1.165) is 37.5 Å². The maximum absolute atomic E-state index is 13.1. The van der Waals surface area contributed by atoms with E-state index in [1.54, 1.807) is 10.9 Å². The van der Waals surface area contributed by atoms with Gasteiger partial charge in [0.25, 0.3) is 0 Å². The van der Waals surface area contributed by atoms with Gasteiger partial charge in [0.1, 0.15) is 23.4 Å². The molecule has 0 radical (unpaired) electrons. The highest BCUT2D eigenvalue weighted by Gasteiger charge is 2.39. The third kappa shape index (κ3) is 3.30. The number of aromatic nitrogens is 2. The largest absolute Gasteiger partial charge is 0.368 e. The third-order valence-corrected chi connectivity index (χ3v) is 6.79. The third-order valence-electron chi connectivity index (χ3n) is 4.86. The van der Waals surface area contributed by atoms with E-state index < -0.39 is 21.9 Å². The van der Waals surface area contributed by atoms with Gasteiger partial charge in [-0.15, -0.1) is 0 Å². The summed E-state index contributed by atoms with van der Waals surface area (Å²) in [6.45, 7) is 1.82. The lowest BCUT2D eigenvalue weighted by Gasteiger charge is -2.24. The van der Waals surface area contributed by atoms with E-state index in [1.165, 1.54) is 16.4 Å². The lowest BCUT2D eigenvalue weighted by atomic mass is 10.2. The summed E-state index contributed by atoms with van der Waals surface area (Å²) >= 11 is 0. The lowest BCUT2D eigenvalue weighted by Crippen LogP contribution is -2.43. The van der Waals surface area contributed by atoms with Crippen LogP contribution in [0, 0.1) is 5.82 Å². The molecular weight excluding hydrogens is 373 g/mol. The number of carbonyl (C=O) groups is 1. The van der Waals surface area contributed by atoms with Crippen molar-refractivity contribution < 1.29 is 17.6 Å². The summed E-state index contributed by atoms with van der Waals surface area (Å²) in [5.74, 6) is -0.162. The zero-order valence-electron chi connectivity index (χ0n) is 14.6. The van der Waals surface area contributed by atoms with Crippen LogP contribution >= 0.6 is 0 Å². The number of halogens is 1. The minimum absolute atomic E-state index is 0.0202. The maximum Gasteiger partial charge on any atom is 0.243 e. The first-order valence-electron chi connectivity index (χ1n) is 8.85. The molecule has 0 bridgehead atoms. The van der Waals surface area contributed by atoms with Gasteiger partial charge in [-0.3, -0.25) is 4.79 Å². The molecule has 27 heavy (non-hydrogen) atoms. The highest BCUT2D eigenvalue weighted by atomic mass is 32.2. The fourth-order valence-corrected chi connectivity index (χ4v) is 5.17. The first-order valence-corrected chi connectivity index (χ1v) is 10.3. The van der Waals surface area contributed by atoms with Crippen LogP contribution < -0.4 is 10.6 Å². The smallest absolute Gasteiger partial charge is 0.243 e. The molecule has 1 aromatic carbocycles. The van der Waals surface area contributed by atoms with Gasteiger partial charge < -0.3 is 10.6 Å². The van der Waals surface area contributed by atoms with Crippen molar-refractivity contribution in [2.75, 3.05) is 23.7 Å². The molecule has 2 aromatic rings. The predicted octanol–water partition coefficient (Wildman–Crippen LogP) is 1.63. The Kier molecular flexibility index (Phi) is 4.60. The molecule has 144 valence electrons. The molecule has 1 atom stereocenters. The molecule has 1 aromatic heterocycles. The Hall–Kier alpha value is -2.46. The maximum atomic E-state index is 13.1. The molecule has 2 N–H and O–H groups in total. The van der Waals surface area contributed by atoms with Gasteiger partial charge in [0.15, 0.2) is 0 Å². The van der Waals surface area contributed by atoms with Crippen LogP contribution in [0.25, 0.3) is 0 Å². The molecule has 1 amide bonds. The second-order valence-electron chi connectivity index (χ2n) is 6.63. The monoisotopic (exact) mass is 393 g/mol. The lowest BCUT2D eigenvalue weighted by molar-refractivity contribution is -0.119. The van der Waals surface area contributed by atoms with Crippen LogP contribution in [0.2, 0.25) is 0 Å². The van der Waals surface area contributed by atoms with E-state index in [1.807, 2.05) is 0 Å². The topological polar surface area (TPSA) is 96.3 Å². The second kappa shape index (κ2) is 6.93. The summed E-state index contributed by atoms with van der Waals surface area (Å²) in [5.41, 5.74) is 0.547. The van der Waals surface area contributed by atoms with Crippen LogP contribution in [-0.4, -0.2) is 47.5 Å². The Morgan fingerprint density at radius 1 is 1.22 bits per heavy atom. The fourth-order valence-electron chi connectivity index (χ4n) is 3.52. The molecule has 0 spiro atoms. The number of carbonyl (C=O) groups excluding carboxylic acids is 1. The standard InChI is InChI=1S/C17H20FN5O3S/c18-12-4-6-13(7-5-12)27(25,26)23-10-1-3-15(23)17(24)21-14-11-20-22-9-2-8-19-16(14)22/h4-7,11,15,19H,1-3,8-10H2,(H,21,24). The van der Waals surface area contributed by atoms with Crippen LogP contribution in [0.5, 0.6) is 0 Å². The van der Waals surface area contributed by atoms with E-state index >= 15 is 0 Å². The molecule has 1 unspecified atom stereocenters. The minimum Gasteiger partial charge on any atom is -0.368 e. The normalized spacial score (nSPS) is 20.1. The Bertz CT molecular complexity index is 957. The van der Waals surface area contributed by atoms with E-state index in [-0.39, 0.29) is 17.3 Å². The number of amides is 1. The summed E-state index contributed by atoms with van der Waals surface area (Å²) in [6, 6.07) is 3.83. The molecule has 4 rings (SSSR count). The summed E-state index contributed by atoms with van der Waals surface area (Å²) in [7, 11) is -3.88. The predicted molar refractivity (Wildman–Crippen MR) is 97.3 cm³/mol. The van der Waals surface area contributed by atoms with Crippen LogP contribution in [0.3, 0.4) is 0 Å². The Labute approximate surface area is 156 Å². The number of aryl methyl sites for hydroxylation is 1. The van der Waals surface area contributed by atoms with Crippen molar-refractivity contribution in [2.24, 2.45) is 0 Å². The molecule has 1 fully saturated rings. The molecular formula is C17H20FN5O3S. The van der Waals surface area contributed by atoms with Gasteiger partial charge in [-0.2, -0.15) is 9.40 Å². The zero-order valence-corrected chi connectivity index (χ0v) is 15.4. The van der Waals surface area contributed by atoms with Crippen LogP contribution in [0.1, 0.15) is 19.3 Å². The average Bonchev–Trinajstić information content (AvgIpc) is 3.30. The number of rotatable bonds is 4. The fraction of sp³-hybridized carbons (Fsp3) is 0.412. The van der Waals surface area contributed by atoms with Crippen molar-refractivity contribution in [2.45, 2.75) is 36.7 Å². The molecule has 10 heteroatoms. The van der Waals surface area contributed by atoms with Gasteiger partial charge in [0.2, 0.25) is 15.9 Å². The van der Waals surface area contributed by atoms with Gasteiger partial charge in [-0.25, -0.2) is 17.5 Å². The van der Waals surface area contributed by atoms with Crippen molar-refractivity contribution in [1.82, 2.24) is 14.1 Å². The number of anilines is 2. The highest BCUT2D eigenvalue weighted by Crippen LogP contribution is 2.29. The first kappa shape index (κ1) is 17.9. The zero-order chi connectivity index (χ0) is 19.0. The van der Waals surface area contributed by atoms with Crippen LogP contribution in [0.4, 0.5) is 15.9 Å². The van der Waals surface area contributed by atoms with Crippen molar-refractivity contribution in [3.05, 3.63) is 36.3 Å². The quantitative estimate of drug-likeness (QED) is 0.823. The number of fused-ring (bicyclic) bond motifs is 1. The van der Waals surface area contributed by atoms with E-state index in [2.05, 4.69) is 15.7 Å². The van der Waals surface area contributed by atoms with E-state index in [9.17, 15) is 17.6 Å². The van der Waals surface area contributed by atoms with Crippen LogP contribution in [0.15, 0.2) is 35.4 Å². The Balaban J connectivity index is 1.55. The van der Waals surface area contributed by atoms with Crippen molar-refractivity contribution >= 4 is 27.4 Å². The molecule has 1 saturated heterocycles. The summed E-state index contributed by atoms with van der Waals surface area (Å²) < 4.78 is 41.9. The number of nitrogens with zero attached hydrogens (tertiary/aromatic N) is 3. The first-order chi connectivity index (χ1) is 13.0. The molecule has 0 saturated carbocycles.